The van der Waals surface area contributed by atoms with Crippen molar-refractivity contribution in [2.24, 2.45) is 7.05 Å². The summed E-state index contributed by atoms with van der Waals surface area (Å²) < 4.78 is 38.8. The number of pyridine rings is 2. The monoisotopic (exact) mass is 344 g/mol. The summed E-state index contributed by atoms with van der Waals surface area (Å²) in [7, 11) is 1.10. The van der Waals surface area contributed by atoms with Gasteiger partial charge in [0.1, 0.15) is 22.7 Å². The van der Waals surface area contributed by atoms with Crippen molar-refractivity contribution in [2.75, 3.05) is 0 Å². The lowest BCUT2D eigenvalue weighted by molar-refractivity contribution is -0.141. The van der Waals surface area contributed by atoms with Gasteiger partial charge in [0.25, 0.3) is 5.56 Å². The molecule has 2 aromatic heterocycles. The average molecular weight is 344 g/mol. The highest BCUT2D eigenvalue weighted by Crippen LogP contribution is 2.32. The standard InChI is InChI=1S/C14H11F3N2O5/c1-19-12-6(2-4-8(18-12)14(15,16)17)11(23)10(13(19)24)7(20)3-5-9(21)22/h2,4,23H,3,5H2,1H3,(H,21,22). The maximum Gasteiger partial charge on any atom is 0.433 e. The molecule has 0 radical (unpaired) electrons. The van der Waals surface area contributed by atoms with Crippen molar-refractivity contribution >= 4 is 22.8 Å². The number of aromatic hydroxyl groups is 1. The Kier molecular flexibility index (Phi) is 4.32. The first kappa shape index (κ1) is 17.4. The Bertz CT molecular complexity index is 902. The number of alkyl halides is 3. The van der Waals surface area contributed by atoms with Gasteiger partial charge in [-0.15, -0.1) is 0 Å². The van der Waals surface area contributed by atoms with Gasteiger partial charge in [-0.3, -0.25) is 19.0 Å². The molecule has 0 unspecified atom stereocenters. The van der Waals surface area contributed by atoms with Crippen molar-refractivity contribution in [2.45, 2.75) is 19.0 Å². The molecule has 0 spiro atoms. The number of aromatic nitrogens is 2. The molecule has 2 heterocycles. The Hall–Kier alpha value is -2.91. The zero-order chi connectivity index (χ0) is 18.2. The lowest BCUT2D eigenvalue weighted by atomic mass is 10.0. The molecule has 2 rings (SSSR count). The minimum Gasteiger partial charge on any atom is -0.506 e. The first-order chi connectivity index (χ1) is 11.0. The molecule has 2 N–H and O–H groups in total. The molecule has 7 nitrogen and oxygen atoms in total. The molecular formula is C14H11F3N2O5. The molecule has 0 bridgehead atoms. The topological polar surface area (TPSA) is 109 Å². The van der Waals surface area contributed by atoms with Crippen LogP contribution in [0, 0.1) is 0 Å². The number of fused-ring (bicyclic) bond motifs is 1. The lowest BCUT2D eigenvalue weighted by Gasteiger charge is -2.12. The maximum absolute atomic E-state index is 12.7. The second kappa shape index (κ2) is 5.95. The summed E-state index contributed by atoms with van der Waals surface area (Å²) in [5.41, 5.74) is -3.42. The van der Waals surface area contributed by atoms with E-state index in [1.807, 2.05) is 0 Å². The second-order valence-electron chi connectivity index (χ2n) is 4.97. The summed E-state index contributed by atoms with van der Waals surface area (Å²) in [5, 5.41) is 18.4. The van der Waals surface area contributed by atoms with E-state index in [2.05, 4.69) is 4.98 Å². The molecule has 0 saturated heterocycles. The zero-order valence-corrected chi connectivity index (χ0v) is 12.2. The van der Waals surface area contributed by atoms with Crippen LogP contribution in [0.15, 0.2) is 16.9 Å². The van der Waals surface area contributed by atoms with E-state index >= 15 is 0 Å². The van der Waals surface area contributed by atoms with Gasteiger partial charge in [0, 0.05) is 13.5 Å². The summed E-state index contributed by atoms with van der Waals surface area (Å²) in [4.78, 5) is 38.0. The third-order valence-corrected chi connectivity index (χ3v) is 3.34. The van der Waals surface area contributed by atoms with Crippen LogP contribution in [0.3, 0.4) is 0 Å². The summed E-state index contributed by atoms with van der Waals surface area (Å²) in [5.74, 6) is -3.00. The van der Waals surface area contributed by atoms with Crippen molar-refractivity contribution in [1.29, 1.82) is 0 Å². The van der Waals surface area contributed by atoms with Crippen molar-refractivity contribution in [3.05, 3.63) is 33.7 Å². The molecule has 2 aromatic rings. The third-order valence-electron chi connectivity index (χ3n) is 3.34. The van der Waals surface area contributed by atoms with E-state index in [-0.39, 0.29) is 5.39 Å². The van der Waals surface area contributed by atoms with E-state index in [1.165, 1.54) is 0 Å². The summed E-state index contributed by atoms with van der Waals surface area (Å²) in [6, 6.07) is 1.51. The zero-order valence-electron chi connectivity index (χ0n) is 12.2. The van der Waals surface area contributed by atoms with Gasteiger partial charge < -0.3 is 10.2 Å². The van der Waals surface area contributed by atoms with Crippen molar-refractivity contribution < 1.29 is 33.0 Å². The van der Waals surface area contributed by atoms with Gasteiger partial charge in [-0.25, -0.2) is 4.98 Å². The van der Waals surface area contributed by atoms with Crippen LogP contribution in [-0.4, -0.2) is 31.5 Å². The molecule has 128 valence electrons. The third kappa shape index (κ3) is 3.07. The number of carboxylic acids is 1. The van der Waals surface area contributed by atoms with Gasteiger partial charge in [-0.05, 0) is 12.1 Å². The minimum absolute atomic E-state index is 0.219. The fraction of sp³-hybridized carbons (Fsp3) is 0.286. The molecule has 0 atom stereocenters. The summed E-state index contributed by atoms with van der Waals surface area (Å²) in [6.45, 7) is 0. The molecule has 0 aliphatic heterocycles. The Morgan fingerprint density at radius 2 is 1.88 bits per heavy atom. The average Bonchev–Trinajstić information content (AvgIpc) is 2.49. The quantitative estimate of drug-likeness (QED) is 0.817. The van der Waals surface area contributed by atoms with Gasteiger partial charge in [0.2, 0.25) is 0 Å². The SMILES string of the molecule is Cn1c(=O)c(C(=O)CCC(=O)O)c(O)c2ccc(C(F)(F)F)nc21. The van der Waals surface area contributed by atoms with Crippen LogP contribution in [0.5, 0.6) is 5.75 Å². The Morgan fingerprint density at radius 1 is 1.25 bits per heavy atom. The first-order valence-electron chi connectivity index (χ1n) is 6.59. The number of nitrogens with zero attached hydrogens (tertiary/aromatic N) is 2. The van der Waals surface area contributed by atoms with Gasteiger partial charge in [0.15, 0.2) is 5.78 Å². The Morgan fingerprint density at radius 3 is 2.42 bits per heavy atom. The van der Waals surface area contributed by atoms with Crippen molar-refractivity contribution in [1.82, 2.24) is 9.55 Å². The van der Waals surface area contributed by atoms with E-state index < -0.39 is 59.0 Å². The van der Waals surface area contributed by atoms with Crippen LogP contribution in [0.1, 0.15) is 28.9 Å². The van der Waals surface area contributed by atoms with Crippen molar-refractivity contribution in [3.63, 3.8) is 0 Å². The fourth-order valence-electron chi connectivity index (χ4n) is 2.14. The molecule has 0 saturated carbocycles. The van der Waals surface area contributed by atoms with E-state index in [4.69, 9.17) is 5.11 Å². The predicted molar refractivity (Wildman–Crippen MR) is 74.9 cm³/mol. The van der Waals surface area contributed by atoms with Gasteiger partial charge in [0.05, 0.1) is 11.8 Å². The Labute approximate surface area is 132 Å². The van der Waals surface area contributed by atoms with Gasteiger partial charge in [-0.2, -0.15) is 13.2 Å². The molecular weight excluding hydrogens is 333 g/mol. The smallest absolute Gasteiger partial charge is 0.433 e. The second-order valence-corrected chi connectivity index (χ2v) is 4.97. The van der Waals surface area contributed by atoms with E-state index in [9.17, 15) is 32.7 Å². The van der Waals surface area contributed by atoms with Crippen LogP contribution in [0.2, 0.25) is 0 Å². The lowest BCUT2D eigenvalue weighted by Crippen LogP contribution is -2.26. The molecule has 0 aliphatic carbocycles. The first-order valence-corrected chi connectivity index (χ1v) is 6.59. The number of halogens is 3. The highest BCUT2D eigenvalue weighted by Gasteiger charge is 2.33. The van der Waals surface area contributed by atoms with Crippen LogP contribution < -0.4 is 5.56 Å². The predicted octanol–water partition coefficient (Wildman–Crippen LogP) is 1.71. The van der Waals surface area contributed by atoms with Crippen LogP contribution >= 0.6 is 0 Å². The number of carbonyl (C=O) groups excluding carboxylic acids is 1. The van der Waals surface area contributed by atoms with Crippen molar-refractivity contribution in [3.8, 4) is 5.75 Å². The highest BCUT2D eigenvalue weighted by molar-refractivity contribution is 6.03. The maximum atomic E-state index is 12.7. The van der Waals surface area contributed by atoms with E-state index in [0.29, 0.717) is 10.6 Å². The van der Waals surface area contributed by atoms with Gasteiger partial charge in [-0.1, -0.05) is 0 Å². The molecule has 0 amide bonds. The molecule has 0 aromatic carbocycles. The molecule has 24 heavy (non-hydrogen) atoms. The van der Waals surface area contributed by atoms with E-state index in [0.717, 1.165) is 13.1 Å². The minimum atomic E-state index is -4.74. The number of rotatable bonds is 4. The number of hydrogen-bond acceptors (Lipinski definition) is 5. The number of carbonyl (C=O) groups is 2. The summed E-state index contributed by atoms with van der Waals surface area (Å²) in [6.07, 6.45) is -5.82. The number of hydrogen-bond donors (Lipinski definition) is 2. The molecule has 0 aliphatic rings. The normalized spacial score (nSPS) is 11.7. The Balaban J connectivity index is 2.67. The summed E-state index contributed by atoms with van der Waals surface area (Å²) >= 11 is 0. The highest BCUT2D eigenvalue weighted by atomic mass is 19.4. The van der Waals surface area contributed by atoms with Crippen LogP contribution in [0.4, 0.5) is 13.2 Å². The molecule has 10 heteroatoms. The van der Waals surface area contributed by atoms with Crippen LogP contribution in [0.25, 0.3) is 11.0 Å². The molecule has 0 fully saturated rings. The largest absolute Gasteiger partial charge is 0.506 e. The number of aliphatic carboxylic acids is 1. The van der Waals surface area contributed by atoms with E-state index in [1.54, 1.807) is 0 Å². The number of carboxylic acid groups (broad SMARTS) is 1. The van der Waals surface area contributed by atoms with Gasteiger partial charge >= 0.3 is 12.1 Å². The number of ketones is 1. The fourth-order valence-corrected chi connectivity index (χ4v) is 2.14. The number of aryl methyl sites for hydroxylation is 1. The van der Waals surface area contributed by atoms with Crippen LogP contribution in [-0.2, 0) is 18.0 Å². The number of Topliss-reactive ketones (excluding diaryl/α,β-unsaturated/α-hetero) is 1.